The Labute approximate surface area is 158 Å². The molecule has 1 aromatic carbocycles. The van der Waals surface area contributed by atoms with Crippen LogP contribution in [0.2, 0.25) is 0 Å². The van der Waals surface area contributed by atoms with Crippen LogP contribution in [0.15, 0.2) is 41.8 Å². The topological polar surface area (TPSA) is 40.6 Å². The first-order valence-corrected chi connectivity index (χ1v) is 10.2. The molecule has 4 nitrogen and oxygen atoms in total. The van der Waals surface area contributed by atoms with Gasteiger partial charge in [-0.2, -0.15) is 0 Å². The monoisotopic (exact) mass is 368 g/mol. The van der Waals surface area contributed by atoms with Crippen LogP contribution in [0.4, 0.5) is 5.69 Å². The number of hydrogen-bond acceptors (Lipinski definition) is 3. The average molecular weight is 369 g/mol. The molecule has 0 aliphatic carbocycles. The number of anilines is 1. The second-order valence-electron chi connectivity index (χ2n) is 7.30. The van der Waals surface area contributed by atoms with Crippen LogP contribution in [0.1, 0.15) is 30.2 Å². The Morgan fingerprint density at radius 1 is 1.12 bits per heavy atom. The Hall–Kier alpha value is -2.14. The van der Waals surface area contributed by atoms with Gasteiger partial charge in [-0.25, -0.2) is 0 Å². The Morgan fingerprint density at radius 3 is 2.62 bits per heavy atom. The maximum atomic E-state index is 13.1. The molecular formula is C21H24N2O2S. The van der Waals surface area contributed by atoms with Gasteiger partial charge in [0.25, 0.3) is 0 Å². The number of para-hydroxylation sites is 1. The van der Waals surface area contributed by atoms with Crippen molar-refractivity contribution in [3.63, 3.8) is 0 Å². The smallest absolute Gasteiger partial charge is 0.230 e. The van der Waals surface area contributed by atoms with E-state index in [0.29, 0.717) is 19.5 Å². The first-order chi connectivity index (χ1) is 12.6. The van der Waals surface area contributed by atoms with Crippen molar-refractivity contribution in [1.29, 1.82) is 0 Å². The number of amides is 2. The Balaban J connectivity index is 1.37. The number of rotatable bonds is 3. The fourth-order valence-corrected chi connectivity index (χ4v) is 4.84. The molecule has 2 amide bonds. The molecule has 1 aromatic heterocycles. The summed E-state index contributed by atoms with van der Waals surface area (Å²) in [5.74, 6) is 0.431. The van der Waals surface area contributed by atoms with Gasteiger partial charge in [-0.1, -0.05) is 24.3 Å². The SMILES string of the molecule is CC1Cc2ccccc2N1C(=O)C1CCN(C(=O)Cc2cccs2)CC1. The maximum absolute atomic E-state index is 13.1. The van der Waals surface area contributed by atoms with Crippen molar-refractivity contribution in [3.05, 3.63) is 52.2 Å². The summed E-state index contributed by atoms with van der Waals surface area (Å²) in [6.45, 7) is 3.49. The van der Waals surface area contributed by atoms with Crippen LogP contribution in [-0.4, -0.2) is 35.8 Å². The molecule has 1 atom stereocenters. The van der Waals surface area contributed by atoms with E-state index in [4.69, 9.17) is 0 Å². The summed E-state index contributed by atoms with van der Waals surface area (Å²) in [6.07, 6.45) is 2.94. The minimum absolute atomic E-state index is 0.0226. The number of thiophene rings is 1. The van der Waals surface area contributed by atoms with E-state index in [-0.39, 0.29) is 23.8 Å². The van der Waals surface area contributed by atoms with Gasteiger partial charge in [0.15, 0.2) is 0 Å². The lowest BCUT2D eigenvalue weighted by atomic mass is 9.94. The summed E-state index contributed by atoms with van der Waals surface area (Å²) in [5, 5.41) is 2.00. The molecule has 0 radical (unpaired) electrons. The van der Waals surface area contributed by atoms with E-state index in [1.165, 1.54) is 5.56 Å². The highest BCUT2D eigenvalue weighted by Crippen LogP contribution is 2.34. The lowest BCUT2D eigenvalue weighted by Crippen LogP contribution is -2.46. The Bertz CT molecular complexity index is 794. The van der Waals surface area contributed by atoms with Crippen LogP contribution in [-0.2, 0) is 22.4 Å². The summed E-state index contributed by atoms with van der Waals surface area (Å²) in [7, 11) is 0. The average Bonchev–Trinajstić information content (AvgIpc) is 3.27. The predicted molar refractivity (Wildman–Crippen MR) is 104 cm³/mol. The van der Waals surface area contributed by atoms with Gasteiger partial charge in [-0.15, -0.1) is 11.3 Å². The second kappa shape index (κ2) is 7.23. The van der Waals surface area contributed by atoms with Crippen molar-refractivity contribution in [2.75, 3.05) is 18.0 Å². The third-order valence-electron chi connectivity index (χ3n) is 5.55. The molecule has 2 aliphatic rings. The lowest BCUT2D eigenvalue weighted by Gasteiger charge is -2.34. The van der Waals surface area contributed by atoms with Gasteiger partial charge < -0.3 is 9.80 Å². The van der Waals surface area contributed by atoms with Crippen LogP contribution in [0.3, 0.4) is 0 Å². The molecule has 5 heteroatoms. The zero-order valence-corrected chi connectivity index (χ0v) is 15.9. The van der Waals surface area contributed by atoms with Gasteiger partial charge in [-0.3, -0.25) is 9.59 Å². The van der Waals surface area contributed by atoms with Gasteiger partial charge in [0.2, 0.25) is 11.8 Å². The molecular weight excluding hydrogens is 344 g/mol. The van der Waals surface area contributed by atoms with Crippen LogP contribution in [0.25, 0.3) is 0 Å². The molecule has 2 aliphatic heterocycles. The van der Waals surface area contributed by atoms with E-state index in [0.717, 1.165) is 29.8 Å². The number of hydrogen-bond donors (Lipinski definition) is 0. The van der Waals surface area contributed by atoms with Crippen LogP contribution in [0, 0.1) is 5.92 Å². The molecule has 0 spiro atoms. The van der Waals surface area contributed by atoms with E-state index in [9.17, 15) is 9.59 Å². The zero-order chi connectivity index (χ0) is 18.1. The largest absolute Gasteiger partial charge is 0.342 e. The number of carbonyl (C=O) groups excluding carboxylic acids is 2. The number of fused-ring (bicyclic) bond motifs is 1. The molecule has 4 rings (SSSR count). The first-order valence-electron chi connectivity index (χ1n) is 9.34. The van der Waals surface area contributed by atoms with Crippen molar-refractivity contribution >= 4 is 28.8 Å². The lowest BCUT2D eigenvalue weighted by molar-refractivity contribution is -0.134. The highest BCUT2D eigenvalue weighted by Gasteiger charge is 2.36. The summed E-state index contributed by atoms with van der Waals surface area (Å²) in [4.78, 5) is 30.6. The number of benzene rings is 1. The van der Waals surface area contributed by atoms with Crippen molar-refractivity contribution in [3.8, 4) is 0 Å². The minimum Gasteiger partial charge on any atom is -0.342 e. The number of nitrogens with zero attached hydrogens (tertiary/aromatic N) is 2. The van der Waals surface area contributed by atoms with Crippen molar-refractivity contribution < 1.29 is 9.59 Å². The molecule has 1 saturated heterocycles. The van der Waals surface area contributed by atoms with E-state index >= 15 is 0 Å². The molecule has 1 unspecified atom stereocenters. The summed E-state index contributed by atoms with van der Waals surface area (Å²) >= 11 is 1.62. The van der Waals surface area contributed by atoms with Gasteiger partial charge in [0.1, 0.15) is 0 Å². The molecule has 3 heterocycles. The second-order valence-corrected chi connectivity index (χ2v) is 8.33. The van der Waals surface area contributed by atoms with Gasteiger partial charge in [-0.05, 0) is 49.3 Å². The minimum atomic E-state index is 0.0226. The molecule has 0 N–H and O–H groups in total. The third-order valence-corrected chi connectivity index (χ3v) is 6.42. The molecule has 0 saturated carbocycles. The number of piperidine rings is 1. The van der Waals surface area contributed by atoms with Crippen LogP contribution >= 0.6 is 11.3 Å². The van der Waals surface area contributed by atoms with Crippen molar-refractivity contribution in [1.82, 2.24) is 4.90 Å². The number of likely N-dealkylation sites (tertiary alicyclic amines) is 1. The standard InChI is InChI=1S/C21H24N2O2S/c1-15-13-17-5-2-3-7-19(17)23(15)21(25)16-8-10-22(11-9-16)20(24)14-18-6-4-12-26-18/h2-7,12,15-16H,8-11,13-14H2,1H3. The summed E-state index contributed by atoms with van der Waals surface area (Å²) in [6, 6.07) is 12.4. The zero-order valence-electron chi connectivity index (χ0n) is 15.1. The summed E-state index contributed by atoms with van der Waals surface area (Å²) in [5.41, 5.74) is 2.33. The van der Waals surface area contributed by atoms with E-state index in [1.807, 2.05) is 39.4 Å². The van der Waals surface area contributed by atoms with Crippen molar-refractivity contribution in [2.24, 2.45) is 5.92 Å². The molecule has 26 heavy (non-hydrogen) atoms. The fourth-order valence-electron chi connectivity index (χ4n) is 4.15. The normalized spacial score (nSPS) is 20.3. The van der Waals surface area contributed by atoms with Crippen molar-refractivity contribution in [2.45, 2.75) is 38.6 Å². The van der Waals surface area contributed by atoms with Crippen LogP contribution < -0.4 is 4.90 Å². The van der Waals surface area contributed by atoms with E-state index in [1.54, 1.807) is 11.3 Å². The highest BCUT2D eigenvalue weighted by molar-refractivity contribution is 7.10. The van der Waals surface area contributed by atoms with E-state index < -0.39 is 0 Å². The Kier molecular flexibility index (Phi) is 4.81. The first kappa shape index (κ1) is 17.3. The van der Waals surface area contributed by atoms with Crippen LogP contribution in [0.5, 0.6) is 0 Å². The third kappa shape index (κ3) is 3.28. The highest BCUT2D eigenvalue weighted by atomic mass is 32.1. The van der Waals surface area contributed by atoms with Gasteiger partial charge in [0, 0.05) is 35.6 Å². The van der Waals surface area contributed by atoms with Gasteiger partial charge >= 0.3 is 0 Å². The molecule has 0 bridgehead atoms. The predicted octanol–water partition coefficient (Wildman–Crippen LogP) is 3.51. The fraction of sp³-hybridized carbons (Fsp3) is 0.429. The maximum Gasteiger partial charge on any atom is 0.230 e. The Morgan fingerprint density at radius 2 is 1.88 bits per heavy atom. The molecule has 136 valence electrons. The summed E-state index contributed by atoms with van der Waals surface area (Å²) < 4.78 is 0. The quantitative estimate of drug-likeness (QED) is 0.832. The molecule has 1 fully saturated rings. The van der Waals surface area contributed by atoms with Gasteiger partial charge in [0.05, 0.1) is 6.42 Å². The molecule has 2 aromatic rings. The van der Waals surface area contributed by atoms with E-state index in [2.05, 4.69) is 19.1 Å². The number of carbonyl (C=O) groups is 2.